The number of hydrogen-bond acceptors (Lipinski definition) is 5. The van der Waals surface area contributed by atoms with E-state index in [9.17, 15) is 14.9 Å². The van der Waals surface area contributed by atoms with Gasteiger partial charge in [0.05, 0.1) is 17.6 Å². The van der Waals surface area contributed by atoms with Gasteiger partial charge in [0.25, 0.3) is 8.32 Å². The van der Waals surface area contributed by atoms with Gasteiger partial charge >= 0.3 is 5.69 Å². The van der Waals surface area contributed by atoms with E-state index in [2.05, 4.69) is 20.8 Å². The third-order valence-corrected chi connectivity index (χ3v) is 8.15. The fourth-order valence-electron chi connectivity index (χ4n) is 1.56. The Kier molecular flexibility index (Phi) is 4.78. The molecule has 0 bridgehead atoms. The minimum Gasteiger partial charge on any atom is -0.541 e. The predicted octanol–water partition coefficient (Wildman–Crippen LogP) is 3.80. The van der Waals surface area contributed by atoms with E-state index in [1.165, 1.54) is 13.2 Å². The van der Waals surface area contributed by atoms with Crippen LogP contribution in [0.2, 0.25) is 18.1 Å². The number of nitro groups is 1. The van der Waals surface area contributed by atoms with E-state index in [0.29, 0.717) is 12.0 Å². The van der Waals surface area contributed by atoms with E-state index in [1.54, 1.807) is 6.07 Å². The number of ether oxygens (including phenoxy) is 1. The van der Waals surface area contributed by atoms with Crippen molar-refractivity contribution < 1.29 is 18.9 Å². The van der Waals surface area contributed by atoms with Gasteiger partial charge in [-0.15, -0.1) is 0 Å². The maximum Gasteiger partial charge on any atom is 0.325 e. The molecule has 0 radical (unpaired) electrons. The quantitative estimate of drug-likeness (QED) is 0.358. The molecule has 0 saturated heterocycles. The summed E-state index contributed by atoms with van der Waals surface area (Å²) in [7, 11) is -0.841. The normalized spacial score (nSPS) is 11.9. The van der Waals surface area contributed by atoms with Gasteiger partial charge in [-0.1, -0.05) is 20.8 Å². The largest absolute Gasteiger partial charge is 0.541 e. The molecule has 0 aliphatic heterocycles. The summed E-state index contributed by atoms with van der Waals surface area (Å²) in [5, 5.41) is 11.1. The van der Waals surface area contributed by atoms with E-state index in [4.69, 9.17) is 9.16 Å². The van der Waals surface area contributed by atoms with Crippen LogP contribution in [0.4, 0.5) is 5.69 Å². The zero-order valence-electron chi connectivity index (χ0n) is 13.2. The molecule has 0 unspecified atom stereocenters. The van der Waals surface area contributed by atoms with Gasteiger partial charge in [0.15, 0.2) is 12.0 Å². The molecule has 0 heterocycles. The molecular weight excluding hydrogens is 290 g/mol. The van der Waals surface area contributed by atoms with Crippen molar-refractivity contribution in [1.82, 2.24) is 0 Å². The minimum atomic E-state index is -2.17. The second-order valence-electron chi connectivity index (χ2n) is 6.27. The molecule has 0 saturated carbocycles. The van der Waals surface area contributed by atoms with Crippen LogP contribution in [0.25, 0.3) is 0 Å². The van der Waals surface area contributed by atoms with Crippen molar-refractivity contribution in [1.29, 1.82) is 0 Å². The number of carbonyl (C=O) groups is 1. The van der Waals surface area contributed by atoms with Crippen LogP contribution in [0.1, 0.15) is 31.1 Å². The fraction of sp³-hybridized carbons (Fsp3) is 0.500. The summed E-state index contributed by atoms with van der Waals surface area (Å²) in [5.41, 5.74) is -0.386. The molecule has 116 valence electrons. The molecule has 21 heavy (non-hydrogen) atoms. The Morgan fingerprint density at radius 1 is 1.29 bits per heavy atom. The maximum atomic E-state index is 11.2. The van der Waals surface area contributed by atoms with Crippen LogP contribution in [0.15, 0.2) is 12.1 Å². The highest BCUT2D eigenvalue weighted by Gasteiger charge is 2.40. The zero-order valence-corrected chi connectivity index (χ0v) is 14.2. The number of benzene rings is 1. The fourth-order valence-corrected chi connectivity index (χ4v) is 2.57. The Labute approximate surface area is 125 Å². The number of rotatable bonds is 5. The highest BCUT2D eigenvalue weighted by Crippen LogP contribution is 2.44. The third kappa shape index (κ3) is 3.41. The van der Waals surface area contributed by atoms with Crippen LogP contribution >= 0.6 is 0 Å². The van der Waals surface area contributed by atoms with Crippen LogP contribution in [-0.4, -0.2) is 26.6 Å². The molecule has 1 aromatic rings. The highest BCUT2D eigenvalue weighted by atomic mass is 28.4. The lowest BCUT2D eigenvalue weighted by Crippen LogP contribution is -2.43. The average Bonchev–Trinajstić information content (AvgIpc) is 2.36. The second-order valence-corrected chi connectivity index (χ2v) is 11.0. The zero-order chi connectivity index (χ0) is 16.4. The third-order valence-electron chi connectivity index (χ3n) is 3.81. The van der Waals surface area contributed by atoms with E-state index < -0.39 is 13.2 Å². The van der Waals surface area contributed by atoms with Crippen molar-refractivity contribution in [2.24, 2.45) is 0 Å². The lowest BCUT2D eigenvalue weighted by Gasteiger charge is -2.36. The van der Waals surface area contributed by atoms with E-state index >= 15 is 0 Å². The topological polar surface area (TPSA) is 78.7 Å². The summed E-state index contributed by atoms with van der Waals surface area (Å²) in [4.78, 5) is 21.5. The summed E-state index contributed by atoms with van der Waals surface area (Å²) >= 11 is 0. The average molecular weight is 311 g/mol. The second kappa shape index (κ2) is 5.85. The molecule has 0 aliphatic carbocycles. The standard InChI is InChI=1S/C14H21NO5Si/c1-14(2,3)21(5,6)20-11-8-7-10(9-16)12(15(17)18)13(11)19-4/h7-9H,1-6H3. The number of nitro benzene ring substituents is 1. The summed E-state index contributed by atoms with van der Waals surface area (Å²) in [6.07, 6.45) is 0.441. The molecule has 1 aromatic carbocycles. The van der Waals surface area contributed by atoms with E-state index in [1.807, 2.05) is 13.1 Å². The first-order valence-electron chi connectivity index (χ1n) is 6.54. The first kappa shape index (κ1) is 17.2. The first-order chi connectivity index (χ1) is 9.55. The number of carbonyl (C=O) groups excluding carboxylic acids is 1. The van der Waals surface area contributed by atoms with Gasteiger partial charge in [0.1, 0.15) is 0 Å². The van der Waals surface area contributed by atoms with Gasteiger partial charge in [0.2, 0.25) is 5.75 Å². The molecule has 7 heteroatoms. The number of aldehydes is 1. The van der Waals surface area contributed by atoms with Gasteiger partial charge in [0, 0.05) is 0 Å². The monoisotopic (exact) mass is 311 g/mol. The van der Waals surface area contributed by atoms with Crippen LogP contribution in [0.5, 0.6) is 11.5 Å². The van der Waals surface area contributed by atoms with Crippen molar-refractivity contribution in [2.75, 3.05) is 7.11 Å². The number of nitrogens with zero attached hydrogens (tertiary/aromatic N) is 1. The molecular formula is C14H21NO5Si. The van der Waals surface area contributed by atoms with Gasteiger partial charge in [-0.2, -0.15) is 0 Å². The summed E-state index contributed by atoms with van der Waals surface area (Å²) < 4.78 is 11.2. The highest BCUT2D eigenvalue weighted by molar-refractivity contribution is 6.74. The molecule has 6 nitrogen and oxygen atoms in total. The Bertz CT molecular complexity index is 563. The van der Waals surface area contributed by atoms with Crippen LogP contribution in [-0.2, 0) is 0 Å². The lowest BCUT2D eigenvalue weighted by molar-refractivity contribution is -0.386. The molecule has 0 atom stereocenters. The number of hydrogen-bond donors (Lipinski definition) is 0. The summed E-state index contributed by atoms with van der Waals surface area (Å²) in [6, 6.07) is 2.94. The van der Waals surface area contributed by atoms with Gasteiger partial charge < -0.3 is 9.16 Å². The molecule has 0 amide bonds. The van der Waals surface area contributed by atoms with Crippen molar-refractivity contribution in [3.8, 4) is 11.5 Å². The summed E-state index contributed by atoms with van der Waals surface area (Å²) in [5.74, 6) is 0.302. The van der Waals surface area contributed by atoms with E-state index in [-0.39, 0.29) is 22.0 Å². The first-order valence-corrected chi connectivity index (χ1v) is 9.45. The van der Waals surface area contributed by atoms with Gasteiger partial charge in [-0.25, -0.2) is 0 Å². The molecule has 0 aromatic heterocycles. The Balaban J connectivity index is 3.42. The minimum absolute atomic E-state index is 0.00516. The van der Waals surface area contributed by atoms with Crippen molar-refractivity contribution in [3.05, 3.63) is 27.8 Å². The number of methoxy groups -OCH3 is 1. The molecule has 0 aliphatic rings. The van der Waals surface area contributed by atoms with Crippen LogP contribution < -0.4 is 9.16 Å². The molecule has 0 fully saturated rings. The Morgan fingerprint density at radius 3 is 2.24 bits per heavy atom. The predicted molar refractivity (Wildman–Crippen MR) is 82.9 cm³/mol. The molecule has 0 spiro atoms. The SMILES string of the molecule is COc1c(O[Si](C)(C)C(C)(C)C)ccc(C=O)c1[N+](=O)[O-]. The van der Waals surface area contributed by atoms with Crippen molar-refractivity contribution in [3.63, 3.8) is 0 Å². The van der Waals surface area contributed by atoms with Gasteiger partial charge in [-0.3, -0.25) is 14.9 Å². The smallest absolute Gasteiger partial charge is 0.325 e. The Morgan fingerprint density at radius 2 is 1.86 bits per heavy atom. The van der Waals surface area contributed by atoms with Crippen LogP contribution in [0, 0.1) is 10.1 Å². The van der Waals surface area contributed by atoms with Crippen molar-refractivity contribution in [2.45, 2.75) is 38.9 Å². The van der Waals surface area contributed by atoms with Crippen molar-refractivity contribution >= 4 is 20.3 Å². The lowest BCUT2D eigenvalue weighted by atomic mass is 10.1. The molecule has 0 N–H and O–H groups in total. The maximum absolute atomic E-state index is 11.2. The van der Waals surface area contributed by atoms with Gasteiger partial charge in [-0.05, 0) is 30.3 Å². The van der Waals surface area contributed by atoms with Crippen LogP contribution in [0.3, 0.4) is 0 Å². The summed E-state index contributed by atoms with van der Waals surface area (Å²) in [6.45, 7) is 10.3. The molecule has 1 rings (SSSR count). The van der Waals surface area contributed by atoms with E-state index in [0.717, 1.165) is 0 Å². The Hall–Kier alpha value is -1.89.